The smallest absolute Gasteiger partial charge is 0.223 e. The monoisotopic (exact) mass is 324 g/mol. The molecular formula is C20H24N2O2. The topological polar surface area (TPSA) is 46.3 Å². The molecule has 1 atom stereocenters. The van der Waals surface area contributed by atoms with Gasteiger partial charge in [0.2, 0.25) is 5.91 Å². The molecule has 4 nitrogen and oxygen atoms in total. The number of carbonyl (C=O) groups is 1. The molecule has 1 amide bonds. The average molecular weight is 324 g/mol. The van der Waals surface area contributed by atoms with Gasteiger partial charge in [-0.15, -0.1) is 0 Å². The van der Waals surface area contributed by atoms with Gasteiger partial charge in [-0.25, -0.2) is 0 Å². The van der Waals surface area contributed by atoms with Gasteiger partial charge in [-0.2, -0.15) is 0 Å². The van der Waals surface area contributed by atoms with E-state index in [4.69, 9.17) is 4.52 Å². The van der Waals surface area contributed by atoms with Crippen LogP contribution in [0.4, 0.5) is 0 Å². The highest BCUT2D eigenvalue weighted by atomic mass is 16.5. The molecule has 1 aromatic heterocycles. The maximum absolute atomic E-state index is 13.0. The van der Waals surface area contributed by atoms with E-state index in [-0.39, 0.29) is 11.9 Å². The molecule has 24 heavy (non-hydrogen) atoms. The quantitative estimate of drug-likeness (QED) is 0.838. The van der Waals surface area contributed by atoms with Crippen molar-refractivity contribution < 1.29 is 9.32 Å². The summed E-state index contributed by atoms with van der Waals surface area (Å²) in [7, 11) is 0. The fourth-order valence-corrected chi connectivity index (χ4v) is 4.03. The zero-order valence-corrected chi connectivity index (χ0v) is 14.4. The molecule has 1 heterocycles. The number of hydrogen-bond acceptors (Lipinski definition) is 3. The molecular weight excluding hydrogens is 300 g/mol. The summed E-state index contributed by atoms with van der Waals surface area (Å²) in [4.78, 5) is 15.2. The van der Waals surface area contributed by atoms with Crippen molar-refractivity contribution in [3.8, 4) is 0 Å². The molecule has 4 heteroatoms. The van der Waals surface area contributed by atoms with Gasteiger partial charge in [0.15, 0.2) is 0 Å². The van der Waals surface area contributed by atoms with Crippen LogP contribution in [-0.2, 0) is 17.6 Å². The van der Waals surface area contributed by atoms with E-state index < -0.39 is 0 Å². The largest absolute Gasteiger partial charge is 0.361 e. The highest BCUT2D eigenvalue weighted by molar-refractivity contribution is 5.78. The van der Waals surface area contributed by atoms with E-state index in [0.29, 0.717) is 12.5 Å². The van der Waals surface area contributed by atoms with Crippen LogP contribution in [0, 0.1) is 13.8 Å². The zero-order valence-electron chi connectivity index (χ0n) is 14.4. The molecule has 2 aromatic rings. The summed E-state index contributed by atoms with van der Waals surface area (Å²) >= 11 is 0. The molecule has 1 fully saturated rings. The lowest BCUT2D eigenvalue weighted by Gasteiger charge is -2.30. The van der Waals surface area contributed by atoms with Gasteiger partial charge in [-0.1, -0.05) is 29.4 Å². The van der Waals surface area contributed by atoms with Crippen molar-refractivity contribution in [1.29, 1.82) is 0 Å². The molecule has 0 N–H and O–H groups in total. The molecule has 1 aromatic carbocycles. The Hall–Kier alpha value is -2.10. The third kappa shape index (κ3) is 2.74. The number of nitrogens with zero attached hydrogens (tertiary/aromatic N) is 2. The highest BCUT2D eigenvalue weighted by Gasteiger charge is 2.40. The van der Waals surface area contributed by atoms with Crippen molar-refractivity contribution in [1.82, 2.24) is 10.1 Å². The lowest BCUT2D eigenvalue weighted by Crippen LogP contribution is -2.36. The van der Waals surface area contributed by atoms with Crippen LogP contribution < -0.4 is 0 Å². The van der Waals surface area contributed by atoms with Crippen molar-refractivity contribution in [3.05, 3.63) is 52.4 Å². The fraction of sp³-hybridized carbons (Fsp3) is 0.500. The molecule has 126 valence electrons. The number of aromatic nitrogens is 1. The maximum atomic E-state index is 13.0. The van der Waals surface area contributed by atoms with Gasteiger partial charge in [0, 0.05) is 18.0 Å². The Morgan fingerprint density at radius 2 is 2.04 bits per heavy atom. The number of fused-ring (bicyclic) bond motifs is 1. The van der Waals surface area contributed by atoms with Gasteiger partial charge < -0.3 is 9.42 Å². The zero-order chi connectivity index (χ0) is 16.7. The third-order valence-corrected chi connectivity index (χ3v) is 5.44. The van der Waals surface area contributed by atoms with Crippen LogP contribution in [0.3, 0.4) is 0 Å². The SMILES string of the molecule is Cc1noc(C)c1CCC(=O)N(C1CC1)[C@H]1CCc2ccccc21. The molecule has 0 unspecified atom stereocenters. The van der Waals surface area contributed by atoms with Crippen LogP contribution in [0.2, 0.25) is 0 Å². The summed E-state index contributed by atoms with van der Waals surface area (Å²) in [5, 5.41) is 3.99. The van der Waals surface area contributed by atoms with E-state index in [1.807, 2.05) is 13.8 Å². The van der Waals surface area contributed by atoms with Crippen LogP contribution >= 0.6 is 0 Å². The van der Waals surface area contributed by atoms with Crippen molar-refractivity contribution in [2.24, 2.45) is 0 Å². The van der Waals surface area contributed by atoms with E-state index in [1.54, 1.807) is 0 Å². The summed E-state index contributed by atoms with van der Waals surface area (Å²) in [6.45, 7) is 3.87. The van der Waals surface area contributed by atoms with Gasteiger partial charge in [-0.05, 0) is 57.1 Å². The predicted octanol–water partition coefficient (Wildman–Crippen LogP) is 3.90. The molecule has 0 bridgehead atoms. The molecule has 1 saturated carbocycles. The Kier molecular flexibility index (Phi) is 3.91. The molecule has 2 aliphatic carbocycles. The minimum Gasteiger partial charge on any atom is -0.361 e. The Morgan fingerprint density at radius 1 is 1.25 bits per heavy atom. The Morgan fingerprint density at radius 3 is 2.75 bits per heavy atom. The number of aryl methyl sites for hydroxylation is 3. The molecule has 0 aliphatic heterocycles. The molecule has 0 spiro atoms. The second-order valence-corrected chi connectivity index (χ2v) is 7.09. The van der Waals surface area contributed by atoms with Gasteiger partial charge >= 0.3 is 0 Å². The van der Waals surface area contributed by atoms with Crippen LogP contribution in [0.25, 0.3) is 0 Å². The van der Waals surface area contributed by atoms with E-state index >= 15 is 0 Å². The molecule has 4 rings (SSSR count). The van der Waals surface area contributed by atoms with Crippen molar-refractivity contribution in [3.63, 3.8) is 0 Å². The first kappa shape index (κ1) is 15.4. The number of hydrogen-bond donors (Lipinski definition) is 0. The number of carbonyl (C=O) groups excluding carboxylic acids is 1. The first-order chi connectivity index (χ1) is 11.6. The summed E-state index contributed by atoms with van der Waals surface area (Å²) < 4.78 is 5.22. The second kappa shape index (κ2) is 6.08. The Bertz CT molecular complexity index is 741. The normalized spacial score (nSPS) is 19.3. The van der Waals surface area contributed by atoms with Gasteiger partial charge in [0.25, 0.3) is 0 Å². The standard InChI is InChI=1S/C20H24N2O2/c1-13-17(14(2)24-21-13)10-12-20(23)22(16-8-9-16)19-11-7-15-5-3-4-6-18(15)19/h3-6,16,19H,7-12H2,1-2H3/t19-/m0/s1. The summed E-state index contributed by atoms with van der Waals surface area (Å²) in [6, 6.07) is 9.31. The van der Waals surface area contributed by atoms with Crippen molar-refractivity contribution >= 4 is 5.91 Å². The number of rotatable bonds is 5. The van der Waals surface area contributed by atoms with Crippen molar-refractivity contribution in [2.45, 2.75) is 64.5 Å². The van der Waals surface area contributed by atoms with E-state index in [0.717, 1.165) is 49.1 Å². The summed E-state index contributed by atoms with van der Waals surface area (Å²) in [5.41, 5.74) is 4.76. The third-order valence-electron chi connectivity index (χ3n) is 5.44. The first-order valence-corrected chi connectivity index (χ1v) is 8.96. The van der Waals surface area contributed by atoms with Gasteiger partial charge in [0.05, 0.1) is 11.7 Å². The number of benzene rings is 1. The lowest BCUT2D eigenvalue weighted by molar-refractivity contribution is -0.134. The first-order valence-electron chi connectivity index (χ1n) is 8.96. The predicted molar refractivity (Wildman–Crippen MR) is 91.7 cm³/mol. The second-order valence-electron chi connectivity index (χ2n) is 7.09. The van der Waals surface area contributed by atoms with Crippen LogP contribution in [0.15, 0.2) is 28.8 Å². The Labute approximate surface area is 142 Å². The fourth-order valence-electron chi connectivity index (χ4n) is 4.03. The van der Waals surface area contributed by atoms with Crippen molar-refractivity contribution in [2.75, 3.05) is 0 Å². The van der Waals surface area contributed by atoms with E-state index in [1.165, 1.54) is 11.1 Å². The van der Waals surface area contributed by atoms with E-state index in [2.05, 4.69) is 34.3 Å². The van der Waals surface area contributed by atoms with Crippen LogP contribution in [0.1, 0.15) is 59.9 Å². The average Bonchev–Trinajstić information content (AvgIpc) is 3.25. The summed E-state index contributed by atoms with van der Waals surface area (Å²) in [6.07, 6.45) is 5.70. The van der Waals surface area contributed by atoms with E-state index in [9.17, 15) is 4.79 Å². The van der Waals surface area contributed by atoms with Crippen LogP contribution in [-0.4, -0.2) is 22.0 Å². The minimum absolute atomic E-state index is 0.269. The highest BCUT2D eigenvalue weighted by Crippen LogP contribution is 2.42. The molecule has 2 aliphatic rings. The molecule has 0 saturated heterocycles. The van der Waals surface area contributed by atoms with Gasteiger partial charge in [-0.3, -0.25) is 4.79 Å². The maximum Gasteiger partial charge on any atom is 0.223 e. The molecule has 0 radical (unpaired) electrons. The lowest BCUT2D eigenvalue weighted by atomic mass is 10.0. The van der Waals surface area contributed by atoms with Gasteiger partial charge in [0.1, 0.15) is 5.76 Å². The summed E-state index contributed by atoms with van der Waals surface area (Å²) in [5.74, 6) is 1.11. The van der Waals surface area contributed by atoms with Crippen LogP contribution in [0.5, 0.6) is 0 Å². The number of amides is 1. The minimum atomic E-state index is 0.269. The Balaban J connectivity index is 1.51.